The van der Waals surface area contributed by atoms with E-state index in [4.69, 9.17) is 0 Å². The first-order valence-corrected chi connectivity index (χ1v) is 8.50. The number of rotatable bonds is 6. The van der Waals surface area contributed by atoms with Crippen molar-refractivity contribution in [2.75, 3.05) is 13.2 Å². The van der Waals surface area contributed by atoms with Crippen LogP contribution in [0.4, 0.5) is 0 Å². The second kappa shape index (κ2) is 9.62. The third kappa shape index (κ3) is 5.13. The van der Waals surface area contributed by atoms with Gasteiger partial charge in [0.15, 0.2) is 0 Å². The zero-order chi connectivity index (χ0) is 16.5. The minimum atomic E-state index is 0.251. The molecule has 0 saturated heterocycles. The van der Waals surface area contributed by atoms with E-state index >= 15 is 0 Å². The van der Waals surface area contributed by atoms with E-state index in [0.29, 0.717) is 18.4 Å². The summed E-state index contributed by atoms with van der Waals surface area (Å²) < 4.78 is 0. The summed E-state index contributed by atoms with van der Waals surface area (Å²) in [7, 11) is 0. The lowest BCUT2D eigenvalue weighted by molar-refractivity contribution is -0.119. The monoisotopic (exact) mass is 305 g/mol. The second-order valence-electron chi connectivity index (χ2n) is 6.10. The number of hydrogen-bond acceptors (Lipinski definition) is 2. The molecule has 1 aromatic carbocycles. The Labute approximate surface area is 135 Å². The lowest BCUT2D eigenvalue weighted by Crippen LogP contribution is -2.31. The van der Waals surface area contributed by atoms with E-state index in [-0.39, 0.29) is 6.61 Å². The Kier molecular flexibility index (Phi) is 8.18. The molecule has 124 valence electrons. The molecule has 0 aliphatic heterocycles. The third-order valence-electron chi connectivity index (χ3n) is 4.55. The molecular weight excluding hydrogens is 274 g/mol. The molecule has 1 saturated carbocycles. The highest BCUT2D eigenvalue weighted by atomic mass is 16.3. The minimum absolute atomic E-state index is 0.251. The maximum absolute atomic E-state index is 11.4. The number of aryl methyl sites for hydroxylation is 2. The first-order valence-electron chi connectivity index (χ1n) is 8.50. The number of nitrogens with zero attached hydrogens (tertiary/aromatic N) is 1. The van der Waals surface area contributed by atoms with Crippen molar-refractivity contribution in [1.82, 2.24) is 4.90 Å². The van der Waals surface area contributed by atoms with Crippen LogP contribution in [0.2, 0.25) is 0 Å². The molecular formula is C19H31NO2. The number of amides is 1. The van der Waals surface area contributed by atoms with Gasteiger partial charge in [0.25, 0.3) is 0 Å². The normalized spacial score (nSPS) is 20.2. The highest BCUT2D eigenvalue weighted by Crippen LogP contribution is 2.32. The molecule has 1 aliphatic carbocycles. The van der Waals surface area contributed by atoms with Gasteiger partial charge in [-0.2, -0.15) is 0 Å². The van der Waals surface area contributed by atoms with Crippen LogP contribution < -0.4 is 0 Å². The van der Waals surface area contributed by atoms with E-state index in [1.165, 1.54) is 23.1 Å². The van der Waals surface area contributed by atoms with Crippen molar-refractivity contribution in [3.8, 4) is 0 Å². The number of carbonyl (C=O) groups excluding carboxylic acids is 1. The summed E-state index contributed by atoms with van der Waals surface area (Å²) in [5, 5.41) is 9.39. The van der Waals surface area contributed by atoms with Gasteiger partial charge in [-0.05, 0) is 49.7 Å². The Balaban J connectivity index is 0.00000116. The lowest BCUT2D eigenvalue weighted by atomic mass is 9.96. The van der Waals surface area contributed by atoms with Gasteiger partial charge in [-0.3, -0.25) is 4.79 Å². The van der Waals surface area contributed by atoms with E-state index in [0.717, 1.165) is 25.8 Å². The van der Waals surface area contributed by atoms with Crippen LogP contribution in [0, 0.1) is 25.7 Å². The van der Waals surface area contributed by atoms with Crippen LogP contribution in [0.15, 0.2) is 18.2 Å². The number of carbonyl (C=O) groups is 1. The van der Waals surface area contributed by atoms with Crippen molar-refractivity contribution >= 4 is 6.41 Å². The largest absolute Gasteiger partial charge is 0.396 e. The predicted molar refractivity (Wildman–Crippen MR) is 91.7 cm³/mol. The Morgan fingerprint density at radius 2 is 1.91 bits per heavy atom. The van der Waals surface area contributed by atoms with Gasteiger partial charge in [0.1, 0.15) is 0 Å². The Bertz CT molecular complexity index is 459. The number of aliphatic hydroxyl groups excluding tert-OH is 1. The molecule has 2 rings (SSSR count). The van der Waals surface area contributed by atoms with Gasteiger partial charge in [0.2, 0.25) is 6.41 Å². The van der Waals surface area contributed by atoms with E-state index in [2.05, 4.69) is 32.0 Å². The summed E-state index contributed by atoms with van der Waals surface area (Å²) in [6.07, 6.45) is 4.35. The lowest BCUT2D eigenvalue weighted by Gasteiger charge is -2.25. The maximum Gasteiger partial charge on any atom is 0.210 e. The average molecular weight is 305 g/mol. The van der Waals surface area contributed by atoms with Crippen molar-refractivity contribution < 1.29 is 9.90 Å². The summed E-state index contributed by atoms with van der Waals surface area (Å²) >= 11 is 0. The highest BCUT2D eigenvalue weighted by Gasteiger charge is 2.28. The first-order chi connectivity index (χ1) is 10.6. The molecule has 0 spiro atoms. The molecule has 3 heteroatoms. The summed E-state index contributed by atoms with van der Waals surface area (Å²) in [4.78, 5) is 13.2. The molecule has 0 aromatic heterocycles. The summed E-state index contributed by atoms with van der Waals surface area (Å²) in [6, 6.07) is 6.37. The van der Waals surface area contributed by atoms with Crippen molar-refractivity contribution in [1.29, 1.82) is 0 Å². The molecule has 2 unspecified atom stereocenters. The van der Waals surface area contributed by atoms with Crippen LogP contribution >= 0.6 is 0 Å². The summed E-state index contributed by atoms with van der Waals surface area (Å²) in [6.45, 7) is 9.85. The van der Waals surface area contributed by atoms with Gasteiger partial charge < -0.3 is 10.0 Å². The Morgan fingerprint density at radius 1 is 1.23 bits per heavy atom. The first kappa shape index (κ1) is 18.7. The maximum atomic E-state index is 11.4. The number of hydrogen-bond donors (Lipinski definition) is 1. The van der Waals surface area contributed by atoms with Gasteiger partial charge >= 0.3 is 0 Å². The predicted octanol–water partition coefficient (Wildman–Crippen LogP) is 3.70. The van der Waals surface area contributed by atoms with Crippen molar-refractivity contribution in [3.63, 3.8) is 0 Å². The van der Waals surface area contributed by atoms with Crippen molar-refractivity contribution in [2.45, 2.75) is 53.5 Å². The van der Waals surface area contributed by atoms with Crippen LogP contribution in [0.1, 0.15) is 49.8 Å². The fourth-order valence-electron chi connectivity index (χ4n) is 3.23. The second-order valence-corrected chi connectivity index (χ2v) is 6.10. The minimum Gasteiger partial charge on any atom is -0.396 e. The van der Waals surface area contributed by atoms with Crippen molar-refractivity contribution in [2.24, 2.45) is 11.8 Å². The van der Waals surface area contributed by atoms with Gasteiger partial charge in [-0.1, -0.05) is 44.0 Å². The molecule has 3 nitrogen and oxygen atoms in total. The molecule has 0 heterocycles. The van der Waals surface area contributed by atoms with Crippen LogP contribution in [0.25, 0.3) is 0 Å². The zero-order valence-corrected chi connectivity index (χ0v) is 14.5. The third-order valence-corrected chi connectivity index (χ3v) is 4.55. The van der Waals surface area contributed by atoms with Gasteiger partial charge in [-0.15, -0.1) is 0 Å². The summed E-state index contributed by atoms with van der Waals surface area (Å²) in [5.74, 6) is 0.825. The quantitative estimate of drug-likeness (QED) is 0.814. The number of aliphatic hydroxyl groups is 1. The van der Waals surface area contributed by atoms with Gasteiger partial charge in [0.05, 0.1) is 0 Å². The molecule has 0 bridgehead atoms. The van der Waals surface area contributed by atoms with E-state index in [9.17, 15) is 9.90 Å². The van der Waals surface area contributed by atoms with Crippen molar-refractivity contribution in [3.05, 3.63) is 34.9 Å². The van der Waals surface area contributed by atoms with Crippen LogP contribution in [-0.2, 0) is 11.3 Å². The van der Waals surface area contributed by atoms with Crippen LogP contribution in [-0.4, -0.2) is 29.6 Å². The molecule has 2 atom stereocenters. The molecule has 1 N–H and O–H groups in total. The van der Waals surface area contributed by atoms with Gasteiger partial charge in [-0.25, -0.2) is 0 Å². The fraction of sp³-hybridized carbons (Fsp3) is 0.632. The molecule has 22 heavy (non-hydrogen) atoms. The molecule has 1 fully saturated rings. The van der Waals surface area contributed by atoms with Gasteiger partial charge in [0, 0.05) is 19.7 Å². The van der Waals surface area contributed by atoms with E-state index in [1.807, 2.05) is 18.7 Å². The Morgan fingerprint density at radius 3 is 2.55 bits per heavy atom. The molecule has 1 aliphatic rings. The SMILES string of the molecule is CC.Cc1ccc(C)c(CN(C=O)CC2CCCC2CO)c1. The fourth-order valence-corrected chi connectivity index (χ4v) is 3.23. The molecule has 1 amide bonds. The van der Waals surface area contributed by atoms with Crippen LogP contribution in [0.5, 0.6) is 0 Å². The molecule has 0 radical (unpaired) electrons. The topological polar surface area (TPSA) is 40.5 Å². The standard InChI is InChI=1S/C17H25NO2.C2H6/c1-13-6-7-14(2)17(8-13)10-18(12-20)9-15-4-3-5-16(15)11-19;1-2/h6-8,12,15-16,19H,3-5,9-11H2,1-2H3;1-2H3. The van der Waals surface area contributed by atoms with E-state index < -0.39 is 0 Å². The zero-order valence-electron chi connectivity index (χ0n) is 14.5. The smallest absolute Gasteiger partial charge is 0.210 e. The summed E-state index contributed by atoms with van der Waals surface area (Å²) in [5.41, 5.74) is 3.67. The average Bonchev–Trinajstić information content (AvgIpc) is 2.99. The van der Waals surface area contributed by atoms with E-state index in [1.54, 1.807) is 0 Å². The Hall–Kier alpha value is -1.35. The van der Waals surface area contributed by atoms with Crippen LogP contribution in [0.3, 0.4) is 0 Å². The highest BCUT2D eigenvalue weighted by molar-refractivity contribution is 5.48. The molecule has 1 aromatic rings. The number of benzene rings is 1.